The van der Waals surface area contributed by atoms with Gasteiger partial charge in [-0.2, -0.15) is 0 Å². The number of thiazole rings is 1. The summed E-state index contributed by atoms with van der Waals surface area (Å²) in [4.78, 5) is 16.2. The summed E-state index contributed by atoms with van der Waals surface area (Å²) in [6.45, 7) is 4.58. The lowest BCUT2D eigenvalue weighted by Crippen LogP contribution is -2.38. The van der Waals surface area contributed by atoms with Gasteiger partial charge in [0, 0.05) is 6.04 Å². The van der Waals surface area contributed by atoms with Crippen LogP contribution in [0.1, 0.15) is 49.2 Å². The lowest BCUT2D eigenvalue weighted by Gasteiger charge is -2.38. The normalized spacial score (nSPS) is 22.5. The Morgan fingerprint density at radius 3 is 3.00 bits per heavy atom. The highest BCUT2D eigenvalue weighted by Crippen LogP contribution is 2.37. The Kier molecular flexibility index (Phi) is 3.90. The quantitative estimate of drug-likeness (QED) is 0.854. The monoisotopic (exact) mass is 268 g/mol. The molecule has 5 heteroatoms. The van der Waals surface area contributed by atoms with Crippen LogP contribution in [0.2, 0.25) is 0 Å². The zero-order chi connectivity index (χ0) is 13.2. The van der Waals surface area contributed by atoms with E-state index in [0.717, 1.165) is 5.13 Å². The van der Waals surface area contributed by atoms with Crippen LogP contribution >= 0.6 is 11.3 Å². The van der Waals surface area contributed by atoms with Gasteiger partial charge in [0.05, 0.1) is 13.3 Å². The maximum Gasteiger partial charge on any atom is 0.349 e. The molecule has 1 aliphatic carbocycles. The number of hydrogen-bond donors (Lipinski definition) is 1. The van der Waals surface area contributed by atoms with Crippen molar-refractivity contribution >= 4 is 22.4 Å². The molecular formula is C13H20N2O2S. The van der Waals surface area contributed by atoms with Crippen molar-refractivity contribution in [3.05, 3.63) is 11.1 Å². The Hall–Kier alpha value is -1.10. The van der Waals surface area contributed by atoms with Crippen LogP contribution in [-0.4, -0.2) is 24.1 Å². The fourth-order valence-electron chi connectivity index (χ4n) is 2.45. The second-order valence-corrected chi connectivity index (χ2v) is 6.48. The molecule has 0 aliphatic heterocycles. The van der Waals surface area contributed by atoms with Crippen molar-refractivity contribution in [1.29, 1.82) is 0 Å². The summed E-state index contributed by atoms with van der Waals surface area (Å²) >= 11 is 1.36. The summed E-state index contributed by atoms with van der Waals surface area (Å²) in [5.74, 6) is -0.316. The lowest BCUT2D eigenvalue weighted by atomic mass is 9.73. The largest absolute Gasteiger partial charge is 0.465 e. The van der Waals surface area contributed by atoms with Crippen LogP contribution in [0.3, 0.4) is 0 Å². The number of carbonyl (C=O) groups is 1. The molecule has 0 aromatic carbocycles. The van der Waals surface area contributed by atoms with Crippen LogP contribution < -0.4 is 5.32 Å². The molecule has 1 atom stereocenters. The highest BCUT2D eigenvalue weighted by molar-refractivity contribution is 7.17. The standard InChI is InChI=1S/C13H20N2O2S/c1-13(2)7-5-4-6-10(13)15-12-14-8-9(18-12)11(16)17-3/h8,10H,4-7H2,1-3H3,(H,14,15). The van der Waals surface area contributed by atoms with Crippen molar-refractivity contribution in [1.82, 2.24) is 4.98 Å². The molecule has 1 fully saturated rings. The maximum absolute atomic E-state index is 11.4. The molecule has 18 heavy (non-hydrogen) atoms. The van der Waals surface area contributed by atoms with Crippen molar-refractivity contribution in [3.63, 3.8) is 0 Å². The van der Waals surface area contributed by atoms with Gasteiger partial charge in [0.1, 0.15) is 4.88 Å². The zero-order valence-corrected chi connectivity index (χ0v) is 12.0. The molecule has 2 rings (SSSR count). The number of carbonyl (C=O) groups excluding carboxylic acids is 1. The first-order chi connectivity index (χ1) is 8.53. The minimum atomic E-state index is -0.316. The zero-order valence-electron chi connectivity index (χ0n) is 11.2. The third-order valence-corrected chi connectivity index (χ3v) is 4.61. The Morgan fingerprint density at radius 2 is 2.33 bits per heavy atom. The smallest absolute Gasteiger partial charge is 0.349 e. The fraction of sp³-hybridized carbons (Fsp3) is 0.692. The molecule has 1 aromatic rings. The van der Waals surface area contributed by atoms with E-state index in [2.05, 4.69) is 28.9 Å². The number of anilines is 1. The van der Waals surface area contributed by atoms with Crippen LogP contribution in [0.4, 0.5) is 5.13 Å². The first-order valence-electron chi connectivity index (χ1n) is 6.33. The van der Waals surface area contributed by atoms with E-state index >= 15 is 0 Å². The molecular weight excluding hydrogens is 248 g/mol. The van der Waals surface area contributed by atoms with Gasteiger partial charge in [0.15, 0.2) is 5.13 Å². The van der Waals surface area contributed by atoms with Crippen LogP contribution in [0.5, 0.6) is 0 Å². The number of esters is 1. The predicted molar refractivity (Wildman–Crippen MR) is 73.1 cm³/mol. The molecule has 0 spiro atoms. The van der Waals surface area contributed by atoms with E-state index < -0.39 is 0 Å². The number of rotatable bonds is 3. The third kappa shape index (κ3) is 2.83. The number of nitrogens with zero attached hydrogens (tertiary/aromatic N) is 1. The topological polar surface area (TPSA) is 51.2 Å². The molecule has 1 aliphatic rings. The molecule has 100 valence electrons. The van der Waals surface area contributed by atoms with Gasteiger partial charge in [-0.15, -0.1) is 0 Å². The van der Waals surface area contributed by atoms with E-state index in [1.165, 1.54) is 44.1 Å². The van der Waals surface area contributed by atoms with Crippen LogP contribution in [0.15, 0.2) is 6.20 Å². The summed E-state index contributed by atoms with van der Waals surface area (Å²) in [6, 6.07) is 0.433. The van der Waals surface area contributed by atoms with Crippen molar-refractivity contribution in [2.45, 2.75) is 45.6 Å². The van der Waals surface area contributed by atoms with Crippen LogP contribution in [0.25, 0.3) is 0 Å². The number of ether oxygens (including phenoxy) is 1. The van der Waals surface area contributed by atoms with Gasteiger partial charge in [0.25, 0.3) is 0 Å². The molecule has 1 aromatic heterocycles. The number of hydrogen-bond acceptors (Lipinski definition) is 5. The Labute approximate surface area is 112 Å². The minimum absolute atomic E-state index is 0.287. The Morgan fingerprint density at radius 1 is 1.56 bits per heavy atom. The first kappa shape index (κ1) is 13.3. The van der Waals surface area contributed by atoms with Gasteiger partial charge in [-0.3, -0.25) is 0 Å². The SMILES string of the molecule is COC(=O)c1cnc(NC2CCCCC2(C)C)s1. The summed E-state index contributed by atoms with van der Waals surface area (Å²) in [6.07, 6.45) is 6.54. The van der Waals surface area contributed by atoms with Gasteiger partial charge in [-0.05, 0) is 18.3 Å². The van der Waals surface area contributed by atoms with E-state index in [0.29, 0.717) is 10.9 Å². The van der Waals surface area contributed by atoms with E-state index in [4.69, 9.17) is 0 Å². The average Bonchev–Trinajstić information content (AvgIpc) is 2.79. The molecule has 1 unspecified atom stereocenters. The molecule has 0 bridgehead atoms. The van der Waals surface area contributed by atoms with Crippen molar-refractivity contribution in [2.24, 2.45) is 5.41 Å². The number of aromatic nitrogens is 1. The molecule has 1 heterocycles. The highest BCUT2D eigenvalue weighted by Gasteiger charge is 2.32. The van der Waals surface area contributed by atoms with Gasteiger partial charge in [-0.25, -0.2) is 9.78 Å². The molecule has 1 saturated carbocycles. The molecule has 1 N–H and O–H groups in total. The van der Waals surface area contributed by atoms with Crippen molar-refractivity contribution in [2.75, 3.05) is 12.4 Å². The molecule has 0 radical (unpaired) electrons. The first-order valence-corrected chi connectivity index (χ1v) is 7.15. The summed E-state index contributed by atoms with van der Waals surface area (Å²) in [5, 5.41) is 4.29. The second kappa shape index (κ2) is 5.26. The minimum Gasteiger partial charge on any atom is -0.465 e. The van der Waals surface area contributed by atoms with Crippen LogP contribution in [-0.2, 0) is 4.74 Å². The molecule has 0 saturated heterocycles. The van der Waals surface area contributed by atoms with E-state index in [9.17, 15) is 4.79 Å². The average molecular weight is 268 g/mol. The highest BCUT2D eigenvalue weighted by atomic mass is 32.1. The van der Waals surface area contributed by atoms with Crippen molar-refractivity contribution < 1.29 is 9.53 Å². The predicted octanol–water partition coefficient (Wildman–Crippen LogP) is 3.31. The number of nitrogens with one attached hydrogen (secondary N) is 1. The Balaban J connectivity index is 2.04. The van der Waals surface area contributed by atoms with Gasteiger partial charge < -0.3 is 10.1 Å². The molecule has 4 nitrogen and oxygen atoms in total. The van der Waals surface area contributed by atoms with E-state index in [-0.39, 0.29) is 11.4 Å². The van der Waals surface area contributed by atoms with Crippen molar-refractivity contribution in [3.8, 4) is 0 Å². The van der Waals surface area contributed by atoms with Gasteiger partial charge in [-0.1, -0.05) is 38.0 Å². The summed E-state index contributed by atoms with van der Waals surface area (Å²) in [5.41, 5.74) is 0.287. The second-order valence-electron chi connectivity index (χ2n) is 5.45. The van der Waals surface area contributed by atoms with E-state index in [1.54, 1.807) is 6.20 Å². The van der Waals surface area contributed by atoms with Gasteiger partial charge in [0.2, 0.25) is 0 Å². The number of methoxy groups -OCH3 is 1. The van der Waals surface area contributed by atoms with Gasteiger partial charge >= 0.3 is 5.97 Å². The molecule has 0 amide bonds. The fourth-order valence-corrected chi connectivity index (χ4v) is 3.23. The van der Waals surface area contributed by atoms with Crippen LogP contribution in [0, 0.1) is 5.41 Å². The summed E-state index contributed by atoms with van der Waals surface area (Å²) in [7, 11) is 1.39. The summed E-state index contributed by atoms with van der Waals surface area (Å²) < 4.78 is 4.68. The van der Waals surface area contributed by atoms with E-state index in [1.807, 2.05) is 0 Å². The lowest BCUT2D eigenvalue weighted by molar-refractivity contribution is 0.0606. The Bertz CT molecular complexity index is 428. The third-order valence-electron chi connectivity index (χ3n) is 3.70. The maximum atomic E-state index is 11.4.